The van der Waals surface area contributed by atoms with Crippen LogP contribution in [-0.2, 0) is 6.42 Å². The highest BCUT2D eigenvalue weighted by Crippen LogP contribution is 2.30. The monoisotopic (exact) mass is 321 g/mol. The Labute approximate surface area is 137 Å². The normalized spacial score (nSPS) is 16.1. The van der Waals surface area contributed by atoms with Gasteiger partial charge in [0.25, 0.3) is 5.69 Å². The second-order valence-electron chi connectivity index (χ2n) is 6.59. The maximum absolute atomic E-state index is 11.1. The molecule has 0 saturated carbocycles. The van der Waals surface area contributed by atoms with Gasteiger partial charge in [0, 0.05) is 37.5 Å². The summed E-state index contributed by atoms with van der Waals surface area (Å²) >= 11 is 0. The van der Waals surface area contributed by atoms with E-state index in [4.69, 9.17) is 0 Å². The number of nitro groups is 1. The van der Waals surface area contributed by atoms with Gasteiger partial charge in [0.15, 0.2) is 0 Å². The molecule has 0 aliphatic carbocycles. The summed E-state index contributed by atoms with van der Waals surface area (Å²) in [5.41, 5.74) is 2.34. The number of hydrogen-bond acceptors (Lipinski definition) is 5. The summed E-state index contributed by atoms with van der Waals surface area (Å²) in [6.45, 7) is 3.03. The molecule has 1 aliphatic rings. The van der Waals surface area contributed by atoms with Gasteiger partial charge in [-0.15, -0.1) is 0 Å². The number of benzene rings is 1. The van der Waals surface area contributed by atoms with Gasteiger partial charge in [0.1, 0.15) is 0 Å². The van der Waals surface area contributed by atoms with Crippen LogP contribution in [0, 0.1) is 16.0 Å². The first-order chi connectivity index (χ1) is 11.0. The van der Waals surface area contributed by atoms with Crippen molar-refractivity contribution < 1.29 is 10.0 Å². The molecule has 1 N–H and O–H groups in total. The zero-order valence-corrected chi connectivity index (χ0v) is 14.1. The number of aliphatic hydroxyl groups is 1. The van der Waals surface area contributed by atoms with E-state index in [1.54, 1.807) is 12.1 Å². The maximum Gasteiger partial charge on any atom is 0.269 e. The molecule has 1 aromatic carbocycles. The van der Waals surface area contributed by atoms with Crippen molar-refractivity contribution in [2.45, 2.75) is 25.7 Å². The molecule has 0 aromatic heterocycles. The Morgan fingerprint density at radius 1 is 1.35 bits per heavy atom. The highest BCUT2D eigenvalue weighted by Gasteiger charge is 2.21. The molecule has 1 aromatic rings. The number of anilines is 1. The minimum Gasteiger partial charge on any atom is -0.396 e. The van der Waals surface area contributed by atoms with Crippen LogP contribution in [0.15, 0.2) is 18.2 Å². The molecule has 0 atom stereocenters. The van der Waals surface area contributed by atoms with Crippen molar-refractivity contribution in [1.82, 2.24) is 4.90 Å². The Kier molecular flexibility index (Phi) is 6.36. The standard InChI is InChI=1S/C17H27N3O3/c1-18(2)9-3-4-15-12-16(20(22)23)5-6-17(15)19-10-7-14(13-21)8-11-19/h5-6,12,14,21H,3-4,7-11,13H2,1-2H3. The number of aliphatic hydroxyl groups excluding tert-OH is 1. The zero-order valence-electron chi connectivity index (χ0n) is 14.1. The molecule has 23 heavy (non-hydrogen) atoms. The molecule has 0 radical (unpaired) electrons. The lowest BCUT2D eigenvalue weighted by Crippen LogP contribution is -2.35. The Bertz CT molecular complexity index is 526. The lowest BCUT2D eigenvalue weighted by molar-refractivity contribution is -0.384. The fourth-order valence-electron chi connectivity index (χ4n) is 3.14. The van der Waals surface area contributed by atoms with Gasteiger partial charge >= 0.3 is 0 Å². The third-order valence-electron chi connectivity index (χ3n) is 4.54. The van der Waals surface area contributed by atoms with Gasteiger partial charge in [0.2, 0.25) is 0 Å². The number of rotatable bonds is 7. The molecule has 0 spiro atoms. The largest absolute Gasteiger partial charge is 0.396 e. The van der Waals surface area contributed by atoms with Crippen LogP contribution < -0.4 is 4.90 Å². The third kappa shape index (κ3) is 4.91. The zero-order chi connectivity index (χ0) is 16.8. The fourth-order valence-corrected chi connectivity index (χ4v) is 3.14. The van der Waals surface area contributed by atoms with E-state index in [-0.39, 0.29) is 17.2 Å². The molecule has 0 unspecified atom stereocenters. The van der Waals surface area contributed by atoms with Crippen molar-refractivity contribution in [1.29, 1.82) is 0 Å². The van der Waals surface area contributed by atoms with E-state index < -0.39 is 0 Å². The number of piperidine rings is 1. The van der Waals surface area contributed by atoms with E-state index in [9.17, 15) is 15.2 Å². The first kappa shape index (κ1) is 17.7. The summed E-state index contributed by atoms with van der Waals surface area (Å²) in [6, 6.07) is 5.22. The van der Waals surface area contributed by atoms with Crippen LogP contribution in [0.5, 0.6) is 0 Å². The van der Waals surface area contributed by atoms with E-state index >= 15 is 0 Å². The van der Waals surface area contributed by atoms with Crippen LogP contribution >= 0.6 is 0 Å². The van der Waals surface area contributed by atoms with Crippen molar-refractivity contribution in [3.63, 3.8) is 0 Å². The van der Waals surface area contributed by atoms with Gasteiger partial charge in [-0.1, -0.05) is 0 Å². The van der Waals surface area contributed by atoms with E-state index in [2.05, 4.69) is 9.80 Å². The number of non-ortho nitro benzene ring substituents is 1. The average Bonchev–Trinajstić information content (AvgIpc) is 2.54. The molecule has 2 rings (SSSR count). The Morgan fingerprint density at radius 3 is 2.61 bits per heavy atom. The van der Waals surface area contributed by atoms with Crippen LogP contribution in [0.3, 0.4) is 0 Å². The molecule has 128 valence electrons. The summed E-state index contributed by atoms with van der Waals surface area (Å²) < 4.78 is 0. The average molecular weight is 321 g/mol. The van der Waals surface area contributed by atoms with E-state index in [1.807, 2.05) is 20.2 Å². The first-order valence-corrected chi connectivity index (χ1v) is 8.29. The van der Waals surface area contributed by atoms with Crippen LogP contribution in [-0.4, -0.2) is 55.3 Å². The van der Waals surface area contributed by atoms with Crippen molar-refractivity contribution in [2.24, 2.45) is 5.92 Å². The van der Waals surface area contributed by atoms with Crippen molar-refractivity contribution in [3.8, 4) is 0 Å². The molecule has 1 heterocycles. The minimum absolute atomic E-state index is 0.166. The van der Waals surface area contributed by atoms with Gasteiger partial charge in [-0.25, -0.2) is 0 Å². The second kappa shape index (κ2) is 8.26. The van der Waals surface area contributed by atoms with Crippen molar-refractivity contribution in [3.05, 3.63) is 33.9 Å². The Morgan fingerprint density at radius 2 is 2.04 bits per heavy atom. The van der Waals surface area contributed by atoms with Gasteiger partial charge in [0.05, 0.1) is 4.92 Å². The van der Waals surface area contributed by atoms with Gasteiger partial charge < -0.3 is 14.9 Å². The summed E-state index contributed by atoms with van der Waals surface area (Å²) in [6.07, 6.45) is 3.78. The predicted octanol–water partition coefficient (Wildman–Crippen LogP) is 2.30. The van der Waals surface area contributed by atoms with Crippen molar-refractivity contribution >= 4 is 11.4 Å². The van der Waals surface area contributed by atoms with E-state index in [0.717, 1.165) is 56.6 Å². The molecule has 1 fully saturated rings. The molecule has 6 nitrogen and oxygen atoms in total. The Balaban J connectivity index is 2.14. The smallest absolute Gasteiger partial charge is 0.269 e. The molecule has 6 heteroatoms. The first-order valence-electron chi connectivity index (χ1n) is 8.29. The topological polar surface area (TPSA) is 69.8 Å². The molecule has 1 saturated heterocycles. The molecule has 1 aliphatic heterocycles. The van der Waals surface area contributed by atoms with E-state index in [1.165, 1.54) is 0 Å². The van der Waals surface area contributed by atoms with E-state index in [0.29, 0.717) is 5.92 Å². The van der Waals surface area contributed by atoms with Crippen LogP contribution in [0.2, 0.25) is 0 Å². The molecule has 0 bridgehead atoms. The van der Waals surface area contributed by atoms with Crippen LogP contribution in [0.25, 0.3) is 0 Å². The summed E-state index contributed by atoms with van der Waals surface area (Å²) in [7, 11) is 4.07. The predicted molar refractivity (Wildman–Crippen MR) is 92.0 cm³/mol. The van der Waals surface area contributed by atoms with Crippen LogP contribution in [0.4, 0.5) is 11.4 Å². The van der Waals surface area contributed by atoms with Gasteiger partial charge in [-0.2, -0.15) is 0 Å². The summed E-state index contributed by atoms with van der Waals surface area (Å²) in [5, 5.41) is 20.3. The lowest BCUT2D eigenvalue weighted by atomic mass is 9.96. The highest BCUT2D eigenvalue weighted by atomic mass is 16.6. The van der Waals surface area contributed by atoms with Gasteiger partial charge in [-0.3, -0.25) is 10.1 Å². The number of nitrogens with zero attached hydrogens (tertiary/aromatic N) is 3. The molecular weight excluding hydrogens is 294 g/mol. The van der Waals surface area contributed by atoms with Crippen LogP contribution in [0.1, 0.15) is 24.8 Å². The summed E-state index contributed by atoms with van der Waals surface area (Å²) in [4.78, 5) is 15.2. The minimum atomic E-state index is -0.322. The lowest BCUT2D eigenvalue weighted by Gasteiger charge is -2.34. The van der Waals surface area contributed by atoms with Crippen molar-refractivity contribution in [2.75, 3.05) is 45.2 Å². The number of hydrogen-bond donors (Lipinski definition) is 1. The molecular formula is C17H27N3O3. The SMILES string of the molecule is CN(C)CCCc1cc([N+](=O)[O-])ccc1N1CCC(CO)CC1. The molecule has 0 amide bonds. The highest BCUT2D eigenvalue weighted by molar-refractivity contribution is 5.58. The fraction of sp³-hybridized carbons (Fsp3) is 0.647. The number of nitro benzene ring substituents is 1. The van der Waals surface area contributed by atoms with Gasteiger partial charge in [-0.05, 0) is 63.9 Å². The quantitative estimate of drug-likeness (QED) is 0.616. The summed E-state index contributed by atoms with van der Waals surface area (Å²) in [5.74, 6) is 0.390. The maximum atomic E-state index is 11.1. The second-order valence-corrected chi connectivity index (χ2v) is 6.59. The Hall–Kier alpha value is -1.66. The number of aryl methyl sites for hydroxylation is 1. The third-order valence-corrected chi connectivity index (χ3v) is 4.54.